The number of thioether (sulfide) groups is 1. The lowest BCUT2D eigenvalue weighted by Gasteiger charge is -2.27. The molecule has 0 aliphatic carbocycles. The van der Waals surface area contributed by atoms with Crippen molar-refractivity contribution in [1.82, 2.24) is 14.8 Å². The molecule has 1 saturated heterocycles. The third-order valence-electron chi connectivity index (χ3n) is 4.56. The van der Waals surface area contributed by atoms with E-state index in [9.17, 15) is 9.18 Å². The zero-order valence-corrected chi connectivity index (χ0v) is 16.4. The molecule has 0 spiro atoms. The van der Waals surface area contributed by atoms with Crippen LogP contribution in [0.25, 0.3) is 5.69 Å². The summed E-state index contributed by atoms with van der Waals surface area (Å²) in [5.41, 5.74) is 7.42. The quantitative estimate of drug-likeness (QED) is 0.626. The van der Waals surface area contributed by atoms with E-state index in [1.807, 2.05) is 16.7 Å². The summed E-state index contributed by atoms with van der Waals surface area (Å²) in [5.74, 6) is 0.438. The lowest BCUT2D eigenvalue weighted by Crippen LogP contribution is -2.37. The highest BCUT2D eigenvalue weighted by Gasteiger charge is 2.22. The number of anilines is 1. The van der Waals surface area contributed by atoms with E-state index < -0.39 is 5.91 Å². The zero-order chi connectivity index (χ0) is 20.2. The van der Waals surface area contributed by atoms with Crippen LogP contribution in [0.2, 0.25) is 0 Å². The van der Waals surface area contributed by atoms with Crippen LogP contribution in [0.3, 0.4) is 0 Å². The van der Waals surface area contributed by atoms with E-state index in [1.165, 1.54) is 23.9 Å². The van der Waals surface area contributed by atoms with Gasteiger partial charge in [0.2, 0.25) is 11.9 Å². The van der Waals surface area contributed by atoms with Crippen LogP contribution >= 0.6 is 11.8 Å². The first-order valence-corrected chi connectivity index (χ1v) is 10.2. The van der Waals surface area contributed by atoms with E-state index in [4.69, 9.17) is 10.5 Å². The number of ether oxygens (including phenoxy) is 1. The number of nitrogens with zero attached hydrogens (tertiary/aromatic N) is 4. The molecule has 1 aliphatic rings. The van der Waals surface area contributed by atoms with Gasteiger partial charge in [0.1, 0.15) is 5.82 Å². The average molecular weight is 413 g/mol. The molecule has 0 atom stereocenters. The predicted octanol–water partition coefficient (Wildman–Crippen LogP) is 2.63. The standard InChI is InChI=1S/C20H20FN5O2S/c21-16-5-2-6-17(12-16)26-19(25-7-9-28-10-8-25)23-24-20(26)29-13-14-3-1-4-15(11-14)18(22)27/h1-6,11-12H,7-10,13H2,(H2,22,27). The van der Waals surface area contributed by atoms with Gasteiger partial charge in [-0.05, 0) is 35.9 Å². The number of hydrogen-bond donors (Lipinski definition) is 1. The van der Waals surface area contributed by atoms with Gasteiger partial charge in [-0.3, -0.25) is 9.36 Å². The lowest BCUT2D eigenvalue weighted by molar-refractivity contribution is 0.1000. The molecular formula is C20H20FN5O2S. The number of carbonyl (C=O) groups is 1. The molecule has 1 amide bonds. The molecule has 150 valence electrons. The fraction of sp³-hybridized carbons (Fsp3) is 0.250. The Morgan fingerprint density at radius 1 is 1.14 bits per heavy atom. The van der Waals surface area contributed by atoms with Crippen LogP contribution in [0.1, 0.15) is 15.9 Å². The number of benzene rings is 2. The van der Waals surface area contributed by atoms with Crippen LogP contribution < -0.4 is 10.6 Å². The number of rotatable bonds is 6. The largest absolute Gasteiger partial charge is 0.378 e. The Hall–Kier alpha value is -2.91. The summed E-state index contributed by atoms with van der Waals surface area (Å²) in [6.07, 6.45) is 0. The molecule has 3 aromatic rings. The number of primary amides is 1. The fourth-order valence-electron chi connectivity index (χ4n) is 3.13. The number of nitrogens with two attached hydrogens (primary N) is 1. The minimum atomic E-state index is -0.464. The monoisotopic (exact) mass is 413 g/mol. The number of aromatic nitrogens is 3. The summed E-state index contributed by atoms with van der Waals surface area (Å²) in [6, 6.07) is 13.5. The van der Waals surface area contributed by atoms with Crippen LogP contribution in [-0.4, -0.2) is 47.0 Å². The van der Waals surface area contributed by atoms with Crippen LogP contribution in [0.4, 0.5) is 10.3 Å². The van der Waals surface area contributed by atoms with Crippen molar-refractivity contribution in [1.29, 1.82) is 0 Å². The summed E-state index contributed by atoms with van der Waals surface area (Å²) < 4.78 is 21.2. The van der Waals surface area contributed by atoms with Crippen molar-refractivity contribution < 1.29 is 13.9 Å². The first-order valence-electron chi connectivity index (χ1n) is 9.17. The third kappa shape index (κ3) is 4.41. The van der Waals surface area contributed by atoms with Crippen molar-refractivity contribution >= 4 is 23.6 Å². The summed E-state index contributed by atoms with van der Waals surface area (Å²) >= 11 is 1.46. The van der Waals surface area contributed by atoms with Gasteiger partial charge in [-0.25, -0.2) is 4.39 Å². The third-order valence-corrected chi connectivity index (χ3v) is 5.56. The molecule has 0 saturated carbocycles. The van der Waals surface area contributed by atoms with E-state index >= 15 is 0 Å². The van der Waals surface area contributed by atoms with Gasteiger partial charge >= 0.3 is 0 Å². The van der Waals surface area contributed by atoms with Crippen LogP contribution in [-0.2, 0) is 10.5 Å². The van der Waals surface area contributed by atoms with Crippen molar-refractivity contribution in [3.8, 4) is 5.69 Å². The average Bonchev–Trinajstić information content (AvgIpc) is 3.17. The molecule has 0 bridgehead atoms. The maximum Gasteiger partial charge on any atom is 0.248 e. The molecular weight excluding hydrogens is 393 g/mol. The SMILES string of the molecule is NC(=O)c1cccc(CSc2nnc(N3CCOCC3)n2-c2cccc(F)c2)c1. The topological polar surface area (TPSA) is 86.3 Å². The first-order chi connectivity index (χ1) is 14.1. The second-order valence-electron chi connectivity index (χ2n) is 6.55. The van der Waals surface area contributed by atoms with Crippen LogP contribution in [0.5, 0.6) is 0 Å². The van der Waals surface area contributed by atoms with Crippen molar-refractivity contribution in [3.63, 3.8) is 0 Å². The molecule has 1 fully saturated rings. The summed E-state index contributed by atoms with van der Waals surface area (Å²) in [5, 5.41) is 9.36. The Labute approximate surface area is 171 Å². The Bertz CT molecular complexity index is 1020. The molecule has 0 radical (unpaired) electrons. The Morgan fingerprint density at radius 3 is 2.69 bits per heavy atom. The van der Waals surface area contributed by atoms with Gasteiger partial charge in [-0.2, -0.15) is 0 Å². The molecule has 1 aromatic heterocycles. The van der Waals surface area contributed by atoms with Gasteiger partial charge in [-0.1, -0.05) is 30.0 Å². The molecule has 4 rings (SSSR count). The van der Waals surface area contributed by atoms with Crippen molar-refractivity contribution in [2.45, 2.75) is 10.9 Å². The molecule has 9 heteroatoms. The summed E-state index contributed by atoms with van der Waals surface area (Å²) in [6.45, 7) is 2.61. The van der Waals surface area contributed by atoms with Gasteiger partial charge in [-0.15, -0.1) is 10.2 Å². The summed E-state index contributed by atoms with van der Waals surface area (Å²) in [4.78, 5) is 13.5. The first kappa shape index (κ1) is 19.4. The zero-order valence-electron chi connectivity index (χ0n) is 15.6. The van der Waals surface area contributed by atoms with Gasteiger partial charge in [0.25, 0.3) is 0 Å². The maximum atomic E-state index is 13.9. The van der Waals surface area contributed by atoms with E-state index in [0.717, 1.165) is 5.56 Å². The van der Waals surface area contributed by atoms with Crippen molar-refractivity contribution in [2.24, 2.45) is 5.73 Å². The van der Waals surface area contributed by atoms with E-state index in [2.05, 4.69) is 15.1 Å². The Balaban J connectivity index is 1.65. The van der Waals surface area contributed by atoms with Crippen LogP contribution in [0, 0.1) is 5.82 Å². The highest BCUT2D eigenvalue weighted by atomic mass is 32.2. The van der Waals surface area contributed by atoms with E-state index in [0.29, 0.717) is 54.4 Å². The van der Waals surface area contributed by atoms with Gasteiger partial charge in [0.05, 0.1) is 18.9 Å². The second kappa shape index (κ2) is 8.62. The van der Waals surface area contributed by atoms with E-state index in [1.54, 1.807) is 24.3 Å². The van der Waals surface area contributed by atoms with Gasteiger partial charge in [0.15, 0.2) is 5.16 Å². The highest BCUT2D eigenvalue weighted by molar-refractivity contribution is 7.98. The number of carbonyl (C=O) groups excluding carboxylic acids is 1. The Morgan fingerprint density at radius 2 is 1.93 bits per heavy atom. The number of hydrogen-bond acceptors (Lipinski definition) is 6. The molecule has 1 aliphatic heterocycles. The highest BCUT2D eigenvalue weighted by Crippen LogP contribution is 2.29. The minimum absolute atomic E-state index is 0.325. The predicted molar refractivity (Wildman–Crippen MR) is 109 cm³/mol. The Kier molecular flexibility index (Phi) is 5.77. The maximum absolute atomic E-state index is 13.9. The number of amides is 1. The normalized spacial score (nSPS) is 14.2. The number of morpholine rings is 1. The molecule has 29 heavy (non-hydrogen) atoms. The number of halogens is 1. The molecule has 0 unspecified atom stereocenters. The van der Waals surface area contributed by atoms with Crippen LogP contribution in [0.15, 0.2) is 53.7 Å². The van der Waals surface area contributed by atoms with Crippen molar-refractivity contribution in [3.05, 3.63) is 65.5 Å². The van der Waals surface area contributed by atoms with E-state index in [-0.39, 0.29) is 5.82 Å². The molecule has 2 heterocycles. The second-order valence-corrected chi connectivity index (χ2v) is 7.49. The fourth-order valence-corrected chi connectivity index (χ4v) is 4.02. The summed E-state index contributed by atoms with van der Waals surface area (Å²) in [7, 11) is 0. The minimum Gasteiger partial charge on any atom is -0.378 e. The molecule has 2 N–H and O–H groups in total. The smallest absolute Gasteiger partial charge is 0.248 e. The van der Waals surface area contributed by atoms with Crippen molar-refractivity contribution in [2.75, 3.05) is 31.2 Å². The van der Waals surface area contributed by atoms with Gasteiger partial charge in [0, 0.05) is 24.4 Å². The van der Waals surface area contributed by atoms with Gasteiger partial charge < -0.3 is 15.4 Å². The molecule has 7 nitrogen and oxygen atoms in total. The lowest BCUT2D eigenvalue weighted by atomic mass is 10.1. The molecule has 2 aromatic carbocycles.